The Hall–Kier alpha value is -1.10. The van der Waals surface area contributed by atoms with E-state index in [4.69, 9.17) is 16.6 Å². The van der Waals surface area contributed by atoms with Gasteiger partial charge in [-0.15, -0.1) is 0 Å². The highest BCUT2D eigenvalue weighted by Gasteiger charge is 2.01. The van der Waals surface area contributed by atoms with Gasteiger partial charge in [0.1, 0.15) is 5.76 Å². The van der Waals surface area contributed by atoms with Gasteiger partial charge in [0.25, 0.3) is 0 Å². The molecule has 72 valence electrons. The Balaban J connectivity index is 2.41. The monoisotopic (exact) mass is 199 g/mol. The Morgan fingerprint density at radius 3 is 3.00 bits per heavy atom. The van der Waals surface area contributed by atoms with E-state index in [0.29, 0.717) is 17.5 Å². The molecule has 0 aromatic carbocycles. The zero-order chi connectivity index (χ0) is 9.68. The molecule has 0 unspecified atom stereocenters. The first-order valence-electron chi connectivity index (χ1n) is 4.15. The molecule has 0 spiro atoms. The van der Waals surface area contributed by atoms with Crippen molar-refractivity contribution in [2.24, 2.45) is 0 Å². The van der Waals surface area contributed by atoms with Crippen LogP contribution in [-0.4, -0.2) is 17.1 Å². The van der Waals surface area contributed by atoms with Crippen molar-refractivity contribution in [3.05, 3.63) is 17.8 Å². The minimum Gasteiger partial charge on any atom is -0.444 e. The lowest BCUT2D eigenvalue weighted by Crippen LogP contribution is -2.31. The van der Waals surface area contributed by atoms with E-state index in [0.717, 1.165) is 12.2 Å². The average Bonchev–Trinajstić information content (AvgIpc) is 2.61. The topological polar surface area (TPSA) is 50.1 Å². The third-order valence-electron chi connectivity index (χ3n) is 1.58. The van der Waals surface area contributed by atoms with Crippen molar-refractivity contribution >= 4 is 17.3 Å². The van der Waals surface area contributed by atoms with E-state index >= 15 is 0 Å². The fraction of sp³-hybridized carbons (Fsp3) is 0.500. The van der Waals surface area contributed by atoms with Crippen LogP contribution in [0.2, 0.25) is 0 Å². The molecule has 1 aromatic rings. The molecule has 4 nitrogen and oxygen atoms in total. The molecule has 0 aliphatic rings. The van der Waals surface area contributed by atoms with Crippen molar-refractivity contribution in [1.82, 2.24) is 15.6 Å². The first kappa shape index (κ1) is 9.98. The maximum Gasteiger partial charge on any atom is 0.213 e. The SMILES string of the molecule is CCc1cnc(CNC(=S)NC)o1. The molecule has 0 fully saturated rings. The third kappa shape index (κ3) is 3.02. The van der Waals surface area contributed by atoms with E-state index in [-0.39, 0.29) is 0 Å². The number of aryl methyl sites for hydroxylation is 1. The number of hydrogen-bond donors (Lipinski definition) is 2. The van der Waals surface area contributed by atoms with Gasteiger partial charge in [-0.2, -0.15) is 0 Å². The quantitative estimate of drug-likeness (QED) is 0.706. The van der Waals surface area contributed by atoms with Gasteiger partial charge < -0.3 is 15.1 Å². The predicted octanol–water partition coefficient (Wildman–Crippen LogP) is 0.831. The van der Waals surface area contributed by atoms with Gasteiger partial charge in [-0.05, 0) is 12.2 Å². The number of oxazole rings is 1. The summed E-state index contributed by atoms with van der Waals surface area (Å²) in [5, 5.41) is 6.35. The summed E-state index contributed by atoms with van der Waals surface area (Å²) in [6.45, 7) is 2.55. The van der Waals surface area contributed by atoms with Crippen LogP contribution < -0.4 is 10.6 Å². The van der Waals surface area contributed by atoms with Crippen molar-refractivity contribution in [1.29, 1.82) is 0 Å². The molecule has 0 aliphatic carbocycles. The van der Waals surface area contributed by atoms with Gasteiger partial charge in [-0.1, -0.05) is 6.92 Å². The molecular weight excluding hydrogens is 186 g/mol. The molecule has 1 rings (SSSR count). The Morgan fingerprint density at radius 1 is 1.69 bits per heavy atom. The van der Waals surface area contributed by atoms with Crippen LogP contribution in [0.15, 0.2) is 10.6 Å². The lowest BCUT2D eigenvalue weighted by atomic mass is 10.4. The molecule has 0 bridgehead atoms. The predicted molar refractivity (Wildman–Crippen MR) is 54.4 cm³/mol. The van der Waals surface area contributed by atoms with E-state index in [9.17, 15) is 0 Å². The van der Waals surface area contributed by atoms with E-state index in [1.807, 2.05) is 6.92 Å². The number of hydrogen-bond acceptors (Lipinski definition) is 3. The minimum atomic E-state index is 0.527. The minimum absolute atomic E-state index is 0.527. The van der Waals surface area contributed by atoms with Crippen LogP contribution >= 0.6 is 12.2 Å². The number of thiocarbonyl (C=S) groups is 1. The lowest BCUT2D eigenvalue weighted by molar-refractivity contribution is 0.453. The summed E-state index contributed by atoms with van der Waals surface area (Å²) in [5.74, 6) is 1.56. The van der Waals surface area contributed by atoms with Gasteiger partial charge in [-0.25, -0.2) is 4.98 Å². The lowest BCUT2D eigenvalue weighted by Gasteiger charge is -2.02. The van der Waals surface area contributed by atoms with E-state index in [2.05, 4.69) is 15.6 Å². The second-order valence-electron chi connectivity index (χ2n) is 2.51. The highest BCUT2D eigenvalue weighted by Crippen LogP contribution is 2.03. The summed E-state index contributed by atoms with van der Waals surface area (Å²) in [4.78, 5) is 4.08. The smallest absolute Gasteiger partial charge is 0.213 e. The van der Waals surface area contributed by atoms with Gasteiger partial charge in [0.2, 0.25) is 5.89 Å². The summed E-state index contributed by atoms with van der Waals surface area (Å²) in [6, 6.07) is 0. The number of nitrogens with one attached hydrogen (secondary N) is 2. The molecule has 0 saturated heterocycles. The molecule has 0 saturated carbocycles. The van der Waals surface area contributed by atoms with Crippen LogP contribution in [0.25, 0.3) is 0 Å². The first-order chi connectivity index (χ1) is 6.26. The maximum atomic E-state index is 5.37. The van der Waals surface area contributed by atoms with Gasteiger partial charge in [0.05, 0.1) is 12.7 Å². The zero-order valence-corrected chi connectivity index (χ0v) is 8.57. The highest BCUT2D eigenvalue weighted by molar-refractivity contribution is 7.80. The summed E-state index contributed by atoms with van der Waals surface area (Å²) in [6.07, 6.45) is 2.60. The average molecular weight is 199 g/mol. The maximum absolute atomic E-state index is 5.37. The molecule has 2 N–H and O–H groups in total. The summed E-state index contributed by atoms with van der Waals surface area (Å²) in [7, 11) is 1.77. The van der Waals surface area contributed by atoms with Crippen molar-refractivity contribution in [3.63, 3.8) is 0 Å². The van der Waals surface area contributed by atoms with Crippen molar-refractivity contribution < 1.29 is 4.42 Å². The molecule has 1 heterocycles. The van der Waals surface area contributed by atoms with Gasteiger partial charge in [0.15, 0.2) is 5.11 Å². The molecule has 5 heteroatoms. The van der Waals surface area contributed by atoms with Crippen molar-refractivity contribution in [3.8, 4) is 0 Å². The number of nitrogens with zero attached hydrogens (tertiary/aromatic N) is 1. The van der Waals surface area contributed by atoms with Crippen LogP contribution in [0, 0.1) is 0 Å². The van der Waals surface area contributed by atoms with Crippen LogP contribution in [0.5, 0.6) is 0 Å². The van der Waals surface area contributed by atoms with Crippen LogP contribution in [0.4, 0.5) is 0 Å². The first-order valence-corrected chi connectivity index (χ1v) is 4.56. The molecule has 0 aliphatic heterocycles. The van der Waals surface area contributed by atoms with Crippen LogP contribution in [0.1, 0.15) is 18.6 Å². The van der Waals surface area contributed by atoms with Gasteiger partial charge >= 0.3 is 0 Å². The second-order valence-corrected chi connectivity index (χ2v) is 2.91. The van der Waals surface area contributed by atoms with Gasteiger partial charge in [-0.3, -0.25) is 0 Å². The highest BCUT2D eigenvalue weighted by atomic mass is 32.1. The van der Waals surface area contributed by atoms with E-state index in [1.165, 1.54) is 0 Å². The summed E-state index contributed by atoms with van der Waals surface area (Å²) >= 11 is 4.90. The second kappa shape index (κ2) is 4.81. The fourth-order valence-corrected chi connectivity index (χ4v) is 0.910. The van der Waals surface area contributed by atoms with Crippen molar-refractivity contribution in [2.45, 2.75) is 19.9 Å². The van der Waals surface area contributed by atoms with E-state index < -0.39 is 0 Å². The molecule has 13 heavy (non-hydrogen) atoms. The standard InChI is InChI=1S/C8H13N3OS/c1-3-6-4-10-7(12-6)5-11-8(13)9-2/h4H,3,5H2,1-2H3,(H2,9,11,13). The Bertz CT molecular complexity index is 285. The number of rotatable bonds is 3. The molecule has 0 amide bonds. The van der Waals surface area contributed by atoms with Crippen molar-refractivity contribution in [2.75, 3.05) is 7.05 Å². The summed E-state index contributed by atoms with van der Waals surface area (Å²) < 4.78 is 5.37. The molecule has 1 aromatic heterocycles. The van der Waals surface area contributed by atoms with E-state index in [1.54, 1.807) is 13.2 Å². The molecule has 0 atom stereocenters. The Labute approximate surface area is 82.7 Å². The molecule has 0 radical (unpaired) electrons. The fourth-order valence-electron chi connectivity index (χ4n) is 0.837. The van der Waals surface area contributed by atoms with Crippen LogP contribution in [-0.2, 0) is 13.0 Å². The van der Waals surface area contributed by atoms with Crippen LogP contribution in [0.3, 0.4) is 0 Å². The number of aromatic nitrogens is 1. The largest absolute Gasteiger partial charge is 0.444 e. The normalized spacial score (nSPS) is 9.69. The van der Waals surface area contributed by atoms with Gasteiger partial charge in [0, 0.05) is 13.5 Å². The summed E-state index contributed by atoms with van der Waals surface area (Å²) in [5.41, 5.74) is 0. The third-order valence-corrected chi connectivity index (χ3v) is 1.93. The molecular formula is C8H13N3OS. The Morgan fingerprint density at radius 2 is 2.46 bits per heavy atom. The Kier molecular flexibility index (Phi) is 3.70. The zero-order valence-electron chi connectivity index (χ0n) is 7.76.